The zero-order valence-corrected chi connectivity index (χ0v) is 18.2. The van der Waals surface area contributed by atoms with Gasteiger partial charge in [0.25, 0.3) is 0 Å². The molecule has 2 aromatic carbocycles. The first-order valence-electron chi connectivity index (χ1n) is 9.55. The Morgan fingerprint density at radius 3 is 2.52 bits per heavy atom. The molecular weight excluding hydrogens is 412 g/mol. The number of methoxy groups -OCH3 is 1. The highest BCUT2D eigenvalue weighted by Gasteiger charge is 2.28. The molecule has 0 saturated carbocycles. The molecule has 0 aromatic heterocycles. The molecule has 2 N–H and O–H groups in total. The van der Waals surface area contributed by atoms with Crippen molar-refractivity contribution in [1.29, 1.82) is 0 Å². The average molecular weight is 439 g/mol. The SMILES string of the molecule is CCCCCNC(=O)[C@@H](Cc1ccccc1)NS(=O)(=O)c1cc(Cl)ccc1OC. The van der Waals surface area contributed by atoms with Gasteiger partial charge in [-0.3, -0.25) is 4.79 Å². The van der Waals surface area contributed by atoms with Crippen LogP contribution in [0.15, 0.2) is 53.4 Å². The second-order valence-electron chi connectivity index (χ2n) is 6.66. The molecule has 158 valence electrons. The molecule has 1 atom stereocenters. The Hall–Kier alpha value is -2.09. The van der Waals surface area contributed by atoms with Crippen molar-refractivity contribution in [1.82, 2.24) is 10.0 Å². The van der Waals surface area contributed by atoms with Gasteiger partial charge in [0.05, 0.1) is 7.11 Å². The van der Waals surface area contributed by atoms with Gasteiger partial charge in [0.2, 0.25) is 15.9 Å². The maximum Gasteiger partial charge on any atom is 0.245 e. The van der Waals surface area contributed by atoms with Crippen molar-refractivity contribution in [2.75, 3.05) is 13.7 Å². The van der Waals surface area contributed by atoms with Crippen LogP contribution in [0.25, 0.3) is 0 Å². The van der Waals surface area contributed by atoms with Gasteiger partial charge in [-0.1, -0.05) is 61.7 Å². The van der Waals surface area contributed by atoms with E-state index in [0.717, 1.165) is 24.8 Å². The van der Waals surface area contributed by atoms with E-state index in [9.17, 15) is 13.2 Å². The Morgan fingerprint density at radius 2 is 1.86 bits per heavy atom. The van der Waals surface area contributed by atoms with Gasteiger partial charge in [0, 0.05) is 11.6 Å². The number of unbranched alkanes of at least 4 members (excludes halogenated alkanes) is 2. The first kappa shape index (κ1) is 23.2. The van der Waals surface area contributed by atoms with Crippen LogP contribution >= 0.6 is 11.6 Å². The summed E-state index contributed by atoms with van der Waals surface area (Å²) in [6, 6.07) is 12.6. The van der Waals surface area contributed by atoms with Gasteiger partial charge >= 0.3 is 0 Å². The maximum atomic E-state index is 13.0. The number of sulfonamides is 1. The summed E-state index contributed by atoms with van der Waals surface area (Å²) in [6.45, 7) is 2.58. The lowest BCUT2D eigenvalue weighted by atomic mass is 10.1. The predicted molar refractivity (Wildman–Crippen MR) is 115 cm³/mol. The van der Waals surface area contributed by atoms with Crippen molar-refractivity contribution in [2.45, 2.75) is 43.5 Å². The van der Waals surface area contributed by atoms with Crippen LogP contribution in [-0.4, -0.2) is 34.0 Å². The number of hydrogen-bond acceptors (Lipinski definition) is 4. The fourth-order valence-corrected chi connectivity index (χ4v) is 4.49. The average Bonchev–Trinajstić information content (AvgIpc) is 2.71. The number of carbonyl (C=O) groups is 1. The summed E-state index contributed by atoms with van der Waals surface area (Å²) in [5.74, 6) is -0.210. The number of carbonyl (C=O) groups excluding carboxylic acids is 1. The fourth-order valence-electron chi connectivity index (χ4n) is 2.86. The zero-order chi connectivity index (χ0) is 21.3. The summed E-state index contributed by atoms with van der Waals surface area (Å²) >= 11 is 5.98. The Kier molecular flexibility index (Phi) is 8.95. The molecule has 0 heterocycles. The van der Waals surface area contributed by atoms with Crippen molar-refractivity contribution in [3.63, 3.8) is 0 Å². The third-order valence-corrected chi connectivity index (χ3v) is 6.12. The minimum absolute atomic E-state index is 0.107. The first-order chi connectivity index (χ1) is 13.9. The van der Waals surface area contributed by atoms with Crippen LogP contribution in [0.4, 0.5) is 0 Å². The Bertz CT molecular complexity index is 904. The Labute approximate surface area is 177 Å². The van der Waals surface area contributed by atoms with E-state index in [2.05, 4.69) is 17.0 Å². The molecule has 2 rings (SSSR count). The molecule has 0 saturated heterocycles. The van der Waals surface area contributed by atoms with Crippen LogP contribution in [0, 0.1) is 0 Å². The molecule has 0 aliphatic carbocycles. The molecule has 6 nitrogen and oxygen atoms in total. The predicted octanol–water partition coefficient (Wildman–Crippen LogP) is 3.54. The smallest absolute Gasteiger partial charge is 0.245 e. The zero-order valence-electron chi connectivity index (χ0n) is 16.7. The van der Waals surface area contributed by atoms with Crippen molar-refractivity contribution >= 4 is 27.5 Å². The standard InChI is InChI=1S/C21H27ClN2O4S/c1-3-4-8-13-23-21(25)18(14-16-9-6-5-7-10-16)24-29(26,27)20-15-17(22)11-12-19(20)28-2/h5-7,9-12,15,18,24H,3-4,8,13-14H2,1-2H3,(H,23,25)/t18-/m1/s1. The molecule has 0 aliphatic rings. The van der Waals surface area contributed by atoms with Gasteiger partial charge in [0.15, 0.2) is 0 Å². The summed E-state index contributed by atoms with van der Waals surface area (Å²) in [7, 11) is -2.67. The number of amides is 1. The van der Waals surface area contributed by atoms with E-state index in [0.29, 0.717) is 6.54 Å². The number of hydrogen-bond donors (Lipinski definition) is 2. The number of benzene rings is 2. The molecule has 29 heavy (non-hydrogen) atoms. The van der Waals surface area contributed by atoms with Crippen LogP contribution < -0.4 is 14.8 Å². The van der Waals surface area contributed by atoms with E-state index in [-0.39, 0.29) is 28.0 Å². The molecule has 0 bridgehead atoms. The Balaban J connectivity index is 2.25. The van der Waals surface area contributed by atoms with Gasteiger partial charge in [-0.25, -0.2) is 8.42 Å². The van der Waals surface area contributed by atoms with E-state index in [1.54, 1.807) is 6.07 Å². The highest BCUT2D eigenvalue weighted by molar-refractivity contribution is 7.89. The third kappa shape index (κ3) is 7.03. The largest absolute Gasteiger partial charge is 0.495 e. The van der Waals surface area contributed by atoms with Crippen LogP contribution in [-0.2, 0) is 21.2 Å². The summed E-state index contributed by atoms with van der Waals surface area (Å²) in [4.78, 5) is 12.6. The topological polar surface area (TPSA) is 84.5 Å². The van der Waals surface area contributed by atoms with E-state index in [1.807, 2.05) is 30.3 Å². The second kappa shape index (κ2) is 11.2. The van der Waals surface area contributed by atoms with Crippen molar-refractivity contribution < 1.29 is 17.9 Å². The molecule has 0 spiro atoms. The minimum atomic E-state index is -4.05. The van der Waals surface area contributed by atoms with Crippen molar-refractivity contribution in [2.24, 2.45) is 0 Å². The van der Waals surface area contributed by atoms with E-state index in [1.165, 1.54) is 19.2 Å². The van der Waals surface area contributed by atoms with Crippen molar-refractivity contribution in [3.05, 3.63) is 59.1 Å². The van der Waals surface area contributed by atoms with Gasteiger partial charge in [-0.05, 0) is 36.6 Å². The van der Waals surface area contributed by atoms with Crippen LogP contribution in [0.5, 0.6) is 5.75 Å². The van der Waals surface area contributed by atoms with Crippen LogP contribution in [0.1, 0.15) is 31.7 Å². The summed E-state index contributed by atoms with van der Waals surface area (Å²) < 4.78 is 33.7. The molecule has 0 fully saturated rings. The van der Waals surface area contributed by atoms with E-state index >= 15 is 0 Å². The summed E-state index contributed by atoms with van der Waals surface area (Å²) in [6.07, 6.45) is 3.09. The Morgan fingerprint density at radius 1 is 1.14 bits per heavy atom. The quantitative estimate of drug-likeness (QED) is 0.525. The number of halogens is 1. The van der Waals surface area contributed by atoms with Crippen LogP contribution in [0.2, 0.25) is 5.02 Å². The normalized spacial score (nSPS) is 12.4. The molecule has 1 amide bonds. The fraction of sp³-hybridized carbons (Fsp3) is 0.381. The molecule has 0 aliphatic heterocycles. The third-order valence-electron chi connectivity index (χ3n) is 4.39. The lowest BCUT2D eigenvalue weighted by molar-refractivity contribution is -0.122. The van der Waals surface area contributed by atoms with Crippen LogP contribution in [0.3, 0.4) is 0 Å². The first-order valence-corrected chi connectivity index (χ1v) is 11.4. The van der Waals surface area contributed by atoms with Crippen molar-refractivity contribution in [3.8, 4) is 5.75 Å². The lowest BCUT2D eigenvalue weighted by Crippen LogP contribution is -2.48. The monoisotopic (exact) mass is 438 g/mol. The highest BCUT2D eigenvalue weighted by Crippen LogP contribution is 2.27. The summed E-state index contributed by atoms with van der Waals surface area (Å²) in [5, 5.41) is 3.09. The lowest BCUT2D eigenvalue weighted by Gasteiger charge is -2.20. The van der Waals surface area contributed by atoms with Gasteiger partial charge < -0.3 is 10.1 Å². The number of ether oxygens (including phenoxy) is 1. The van der Waals surface area contributed by atoms with Gasteiger partial charge in [0.1, 0.15) is 16.7 Å². The molecule has 2 aromatic rings. The molecule has 0 unspecified atom stereocenters. The second-order valence-corrected chi connectivity index (χ2v) is 8.78. The summed E-state index contributed by atoms with van der Waals surface area (Å²) in [5.41, 5.74) is 0.849. The molecule has 0 radical (unpaired) electrons. The van der Waals surface area contributed by atoms with E-state index in [4.69, 9.17) is 16.3 Å². The molecule has 8 heteroatoms. The number of nitrogens with one attached hydrogen (secondary N) is 2. The van der Waals surface area contributed by atoms with Gasteiger partial charge in [-0.15, -0.1) is 0 Å². The van der Waals surface area contributed by atoms with Gasteiger partial charge in [-0.2, -0.15) is 4.72 Å². The highest BCUT2D eigenvalue weighted by atomic mass is 35.5. The maximum absolute atomic E-state index is 13.0. The molecular formula is C21H27ClN2O4S. The number of rotatable bonds is 11. The minimum Gasteiger partial charge on any atom is -0.495 e. The van der Waals surface area contributed by atoms with E-state index < -0.39 is 16.1 Å².